The van der Waals surface area contributed by atoms with Crippen molar-refractivity contribution in [2.75, 3.05) is 25.5 Å². The van der Waals surface area contributed by atoms with E-state index >= 15 is 0 Å². The van der Waals surface area contributed by atoms with Crippen LogP contribution in [0.3, 0.4) is 0 Å². The van der Waals surface area contributed by atoms with Gasteiger partial charge in [0, 0.05) is 23.4 Å². The van der Waals surface area contributed by atoms with Crippen LogP contribution in [-0.4, -0.2) is 32.0 Å². The van der Waals surface area contributed by atoms with Gasteiger partial charge in [-0.2, -0.15) is 0 Å². The number of nitrogens with one attached hydrogen (secondary N) is 3. The molecule has 0 spiro atoms. The average Bonchev–Trinajstić information content (AvgIpc) is 2.61. The Morgan fingerprint density at radius 3 is 2.32 bits per heavy atom. The maximum Gasteiger partial charge on any atom is 0.279 e. The molecular formula is C23H32N3O2+. The first-order chi connectivity index (χ1) is 13.2. The van der Waals surface area contributed by atoms with Crippen LogP contribution in [0.15, 0.2) is 48.5 Å². The van der Waals surface area contributed by atoms with Gasteiger partial charge < -0.3 is 15.5 Å². The van der Waals surface area contributed by atoms with E-state index in [0.717, 1.165) is 11.4 Å². The van der Waals surface area contributed by atoms with Crippen molar-refractivity contribution in [1.82, 2.24) is 5.32 Å². The van der Waals surface area contributed by atoms with Crippen LogP contribution in [0.2, 0.25) is 0 Å². The van der Waals surface area contributed by atoms with E-state index in [1.165, 1.54) is 11.1 Å². The summed E-state index contributed by atoms with van der Waals surface area (Å²) in [5.41, 5.74) is 3.82. The molecule has 2 rings (SSSR count). The molecule has 0 fully saturated rings. The van der Waals surface area contributed by atoms with Gasteiger partial charge in [0.05, 0.1) is 7.05 Å². The van der Waals surface area contributed by atoms with Gasteiger partial charge >= 0.3 is 0 Å². The number of hydrogen-bond donors (Lipinski definition) is 3. The molecule has 1 unspecified atom stereocenters. The summed E-state index contributed by atoms with van der Waals surface area (Å²) in [6, 6.07) is 15.6. The van der Waals surface area contributed by atoms with Crippen molar-refractivity contribution < 1.29 is 14.5 Å². The number of anilines is 1. The number of likely N-dealkylation sites (N-methyl/N-ethyl adjacent to an activating group) is 1. The highest BCUT2D eigenvalue weighted by Crippen LogP contribution is 2.21. The number of carbonyl (C=O) groups excluding carboxylic acids is 2. The monoisotopic (exact) mass is 382 g/mol. The molecule has 0 aromatic heterocycles. The number of benzene rings is 2. The predicted octanol–water partition coefficient (Wildman–Crippen LogP) is 2.39. The first-order valence-corrected chi connectivity index (χ1v) is 9.78. The first-order valence-electron chi connectivity index (χ1n) is 9.78. The maximum atomic E-state index is 12.4. The number of carbonyl (C=O) groups is 2. The molecule has 0 radical (unpaired) electrons. The summed E-state index contributed by atoms with van der Waals surface area (Å²) in [5, 5.41) is 5.64. The molecule has 5 heteroatoms. The zero-order valence-corrected chi connectivity index (χ0v) is 17.6. The Labute approximate surface area is 168 Å². The molecule has 2 aromatic carbocycles. The zero-order chi connectivity index (χ0) is 20.7. The van der Waals surface area contributed by atoms with Gasteiger partial charge in [-0.05, 0) is 36.1 Å². The van der Waals surface area contributed by atoms with Crippen molar-refractivity contribution >= 4 is 17.5 Å². The van der Waals surface area contributed by atoms with Crippen LogP contribution < -0.4 is 15.5 Å². The Hall–Kier alpha value is -2.66. The molecule has 0 saturated heterocycles. The molecule has 1 atom stereocenters. The van der Waals surface area contributed by atoms with E-state index in [4.69, 9.17) is 0 Å². The molecule has 0 bridgehead atoms. The third-order valence-corrected chi connectivity index (χ3v) is 4.53. The van der Waals surface area contributed by atoms with Gasteiger partial charge in [0.2, 0.25) is 0 Å². The fourth-order valence-corrected chi connectivity index (χ4v) is 3.01. The van der Waals surface area contributed by atoms with Crippen LogP contribution in [0.4, 0.5) is 5.69 Å². The van der Waals surface area contributed by atoms with Gasteiger partial charge in [-0.25, -0.2) is 0 Å². The minimum Gasteiger partial charge on any atom is -0.352 e. The fraction of sp³-hybridized carbons (Fsp3) is 0.391. The number of quaternary nitrogens is 1. The quantitative estimate of drug-likeness (QED) is 0.689. The number of amides is 2. The standard InChI is InChI=1S/C23H31N3O2/c1-6-24-22(28)18-8-7-9-20(14-18)25-21(27)16-26(5)15-17-10-12-19(13-11-17)23(2,3)4/h7-14H,6,15-16H2,1-5H3,(H,24,28)(H,25,27)/p+1. The maximum absolute atomic E-state index is 12.4. The summed E-state index contributed by atoms with van der Waals surface area (Å²) in [5.74, 6) is -0.211. The van der Waals surface area contributed by atoms with E-state index in [2.05, 4.69) is 55.7 Å². The summed E-state index contributed by atoms with van der Waals surface area (Å²) >= 11 is 0. The van der Waals surface area contributed by atoms with Crippen LogP contribution in [0.1, 0.15) is 49.2 Å². The average molecular weight is 383 g/mol. The second-order valence-electron chi connectivity index (χ2n) is 8.25. The normalized spacial score (nSPS) is 12.3. The molecule has 2 amide bonds. The first kappa shape index (κ1) is 21.6. The van der Waals surface area contributed by atoms with E-state index in [1.807, 2.05) is 14.0 Å². The lowest BCUT2D eigenvalue weighted by atomic mass is 9.87. The Kier molecular flexibility index (Phi) is 7.35. The van der Waals surface area contributed by atoms with Gasteiger partial charge in [-0.1, -0.05) is 51.1 Å². The lowest BCUT2D eigenvalue weighted by molar-refractivity contribution is -0.885. The highest BCUT2D eigenvalue weighted by Gasteiger charge is 2.15. The molecular weight excluding hydrogens is 350 g/mol. The van der Waals surface area contributed by atoms with Crippen molar-refractivity contribution in [3.63, 3.8) is 0 Å². The van der Waals surface area contributed by atoms with E-state index in [1.54, 1.807) is 24.3 Å². The van der Waals surface area contributed by atoms with Crippen molar-refractivity contribution in [2.45, 2.75) is 39.7 Å². The second-order valence-corrected chi connectivity index (χ2v) is 8.25. The minimum atomic E-state index is -0.139. The predicted molar refractivity (Wildman–Crippen MR) is 114 cm³/mol. The molecule has 0 heterocycles. The highest BCUT2D eigenvalue weighted by molar-refractivity contribution is 5.97. The zero-order valence-electron chi connectivity index (χ0n) is 17.6. The van der Waals surface area contributed by atoms with Crippen LogP contribution >= 0.6 is 0 Å². The highest BCUT2D eigenvalue weighted by atomic mass is 16.2. The lowest BCUT2D eigenvalue weighted by Gasteiger charge is -2.19. The molecule has 28 heavy (non-hydrogen) atoms. The molecule has 0 saturated carbocycles. The van der Waals surface area contributed by atoms with E-state index < -0.39 is 0 Å². The SMILES string of the molecule is CCNC(=O)c1cccc(NC(=O)C[NH+](C)Cc2ccc(C(C)(C)C)cc2)c1. The molecule has 3 N–H and O–H groups in total. The lowest BCUT2D eigenvalue weighted by Crippen LogP contribution is -3.08. The van der Waals surface area contributed by atoms with Gasteiger partial charge in [0.1, 0.15) is 6.54 Å². The van der Waals surface area contributed by atoms with E-state index in [-0.39, 0.29) is 17.2 Å². The molecule has 0 aliphatic rings. The fourth-order valence-electron chi connectivity index (χ4n) is 3.01. The van der Waals surface area contributed by atoms with Gasteiger partial charge in [0.15, 0.2) is 6.54 Å². The van der Waals surface area contributed by atoms with Crippen molar-refractivity contribution in [1.29, 1.82) is 0 Å². The summed E-state index contributed by atoms with van der Waals surface area (Å²) in [4.78, 5) is 25.4. The topological polar surface area (TPSA) is 62.6 Å². The molecule has 0 aliphatic carbocycles. The van der Waals surface area contributed by atoms with Gasteiger partial charge in [-0.15, -0.1) is 0 Å². The van der Waals surface area contributed by atoms with Crippen LogP contribution in [0, 0.1) is 0 Å². The van der Waals surface area contributed by atoms with Crippen molar-refractivity contribution in [3.05, 3.63) is 65.2 Å². The summed E-state index contributed by atoms with van der Waals surface area (Å²) in [7, 11) is 2.00. The third kappa shape index (κ3) is 6.50. The Morgan fingerprint density at radius 2 is 1.71 bits per heavy atom. The van der Waals surface area contributed by atoms with Gasteiger partial charge in [0.25, 0.3) is 11.8 Å². The Morgan fingerprint density at radius 1 is 1.04 bits per heavy atom. The number of hydrogen-bond acceptors (Lipinski definition) is 2. The molecule has 150 valence electrons. The van der Waals surface area contributed by atoms with Gasteiger partial charge in [-0.3, -0.25) is 9.59 Å². The largest absolute Gasteiger partial charge is 0.352 e. The molecule has 0 aliphatic heterocycles. The van der Waals surface area contributed by atoms with Crippen LogP contribution in [0.5, 0.6) is 0 Å². The molecule has 5 nitrogen and oxygen atoms in total. The number of rotatable bonds is 7. The van der Waals surface area contributed by atoms with Crippen molar-refractivity contribution in [2.24, 2.45) is 0 Å². The Bertz CT molecular complexity index is 807. The third-order valence-electron chi connectivity index (χ3n) is 4.53. The summed E-state index contributed by atoms with van der Waals surface area (Å²) in [6.07, 6.45) is 0. The summed E-state index contributed by atoms with van der Waals surface area (Å²) < 4.78 is 0. The smallest absolute Gasteiger partial charge is 0.279 e. The van der Waals surface area contributed by atoms with Crippen molar-refractivity contribution in [3.8, 4) is 0 Å². The van der Waals surface area contributed by atoms with E-state index in [9.17, 15) is 9.59 Å². The van der Waals surface area contributed by atoms with Crippen LogP contribution in [-0.2, 0) is 16.8 Å². The summed E-state index contributed by atoms with van der Waals surface area (Å²) in [6.45, 7) is 10.2. The van der Waals surface area contributed by atoms with E-state index in [0.29, 0.717) is 24.3 Å². The molecule has 2 aromatic rings. The minimum absolute atomic E-state index is 0.0724. The van der Waals surface area contributed by atoms with Crippen LogP contribution in [0.25, 0.3) is 0 Å². The second kappa shape index (κ2) is 9.51. The Balaban J connectivity index is 1.90.